The molecule has 7 heteroatoms. The normalized spacial score (nSPS) is 15.9. The number of hydrogen-bond acceptors (Lipinski definition) is 4. The van der Waals surface area contributed by atoms with E-state index in [1.165, 1.54) is 5.56 Å². The maximum Gasteiger partial charge on any atom is 0.409 e. The number of guanidine groups is 1. The monoisotopic (exact) mass is 375 g/mol. The van der Waals surface area contributed by atoms with Crippen LogP contribution in [0.3, 0.4) is 0 Å². The summed E-state index contributed by atoms with van der Waals surface area (Å²) in [6.45, 7) is 8.25. The summed E-state index contributed by atoms with van der Waals surface area (Å²) >= 11 is 0. The maximum atomic E-state index is 11.7. The third kappa shape index (κ3) is 7.09. The Balaban J connectivity index is 1.80. The van der Waals surface area contributed by atoms with Crippen LogP contribution in [0.25, 0.3) is 0 Å². The molecular weight excluding hydrogens is 342 g/mol. The first-order chi connectivity index (χ1) is 13.0. The smallest absolute Gasteiger partial charge is 0.409 e. The molecule has 1 heterocycles. The minimum atomic E-state index is -0.230. The van der Waals surface area contributed by atoms with Crippen LogP contribution >= 0.6 is 0 Å². The molecule has 150 valence electrons. The average molecular weight is 376 g/mol. The van der Waals surface area contributed by atoms with Crippen LogP contribution in [0.15, 0.2) is 29.3 Å². The molecule has 1 aromatic rings. The molecular formula is C20H33N5O2. The van der Waals surface area contributed by atoms with Gasteiger partial charge in [-0.2, -0.15) is 0 Å². The number of nitrogens with zero attached hydrogens (tertiary/aromatic N) is 3. The fraction of sp³-hybridized carbons (Fsp3) is 0.600. The van der Waals surface area contributed by atoms with Crippen molar-refractivity contribution in [3.05, 3.63) is 35.4 Å². The first-order valence-electron chi connectivity index (χ1n) is 9.76. The molecule has 0 bridgehead atoms. The zero-order valence-electron chi connectivity index (χ0n) is 16.8. The fourth-order valence-electron chi connectivity index (χ4n) is 3.10. The Morgan fingerprint density at radius 3 is 2.70 bits per heavy atom. The molecule has 0 saturated carbocycles. The molecule has 2 rings (SSSR count). The number of rotatable bonds is 7. The van der Waals surface area contributed by atoms with Gasteiger partial charge < -0.3 is 25.6 Å². The Labute approximate surface area is 162 Å². The van der Waals surface area contributed by atoms with Gasteiger partial charge in [0.1, 0.15) is 0 Å². The summed E-state index contributed by atoms with van der Waals surface area (Å²) in [4.78, 5) is 20.2. The molecule has 27 heavy (non-hydrogen) atoms. The predicted octanol–water partition coefficient (Wildman–Crippen LogP) is 2.16. The van der Waals surface area contributed by atoms with Crippen LogP contribution in [0.5, 0.6) is 0 Å². The lowest BCUT2D eigenvalue weighted by atomic mass is 10.1. The van der Waals surface area contributed by atoms with Gasteiger partial charge in [-0.1, -0.05) is 31.2 Å². The molecule has 1 aliphatic heterocycles. The van der Waals surface area contributed by atoms with Gasteiger partial charge >= 0.3 is 6.09 Å². The Morgan fingerprint density at radius 2 is 2.04 bits per heavy atom. The number of carbonyl (C=O) groups excluding carboxylic acids is 1. The standard InChI is InChI=1S/C20H33N5O2/c1-4-24(3)15-17-8-6-7-16(13-17)14-22-19(21)23-18-9-11-25(12-10-18)20(26)27-5-2/h6-8,13,18H,4-5,9-12,14-15H2,1-3H3,(H3,21,22,23). The zero-order chi connectivity index (χ0) is 19.6. The van der Waals surface area contributed by atoms with Crippen molar-refractivity contribution in [3.8, 4) is 0 Å². The highest BCUT2D eigenvalue weighted by molar-refractivity contribution is 5.78. The van der Waals surface area contributed by atoms with E-state index in [9.17, 15) is 4.79 Å². The van der Waals surface area contributed by atoms with Gasteiger partial charge in [0, 0.05) is 25.7 Å². The van der Waals surface area contributed by atoms with E-state index in [1.54, 1.807) is 4.90 Å². The van der Waals surface area contributed by atoms with Crippen LogP contribution < -0.4 is 11.1 Å². The van der Waals surface area contributed by atoms with Crippen molar-refractivity contribution in [2.75, 3.05) is 33.3 Å². The van der Waals surface area contributed by atoms with Gasteiger partial charge in [-0.05, 0) is 44.5 Å². The van der Waals surface area contributed by atoms with Crippen LogP contribution in [-0.2, 0) is 17.8 Å². The topological polar surface area (TPSA) is 83.2 Å². The minimum absolute atomic E-state index is 0.230. The van der Waals surface area contributed by atoms with Gasteiger partial charge in [0.2, 0.25) is 0 Å². The number of likely N-dealkylation sites (tertiary alicyclic amines) is 1. The van der Waals surface area contributed by atoms with E-state index in [2.05, 4.69) is 53.4 Å². The molecule has 0 unspecified atom stereocenters. The van der Waals surface area contributed by atoms with Crippen LogP contribution in [0.4, 0.5) is 4.79 Å². The van der Waals surface area contributed by atoms with Gasteiger partial charge in [0.15, 0.2) is 5.96 Å². The SMILES string of the molecule is CCOC(=O)N1CCC(NC(N)=NCc2cccc(CN(C)CC)c2)CC1. The molecule has 0 radical (unpaired) electrons. The van der Waals surface area contributed by atoms with Gasteiger partial charge in [-0.15, -0.1) is 0 Å². The molecule has 0 atom stereocenters. The summed E-state index contributed by atoms with van der Waals surface area (Å²) in [5.41, 5.74) is 8.49. The van der Waals surface area contributed by atoms with Gasteiger partial charge in [-0.3, -0.25) is 0 Å². The Morgan fingerprint density at radius 1 is 1.33 bits per heavy atom. The second-order valence-electron chi connectivity index (χ2n) is 6.96. The minimum Gasteiger partial charge on any atom is -0.450 e. The van der Waals surface area contributed by atoms with E-state index >= 15 is 0 Å². The van der Waals surface area contributed by atoms with Crippen molar-refractivity contribution in [3.63, 3.8) is 0 Å². The van der Waals surface area contributed by atoms with Crippen molar-refractivity contribution in [2.24, 2.45) is 10.7 Å². The summed E-state index contributed by atoms with van der Waals surface area (Å²) in [6.07, 6.45) is 1.45. The lowest BCUT2D eigenvalue weighted by molar-refractivity contribution is 0.0963. The Kier molecular flexibility index (Phi) is 8.39. The molecule has 0 aromatic heterocycles. The lowest BCUT2D eigenvalue weighted by Crippen LogP contribution is -2.48. The molecule has 1 fully saturated rings. The molecule has 0 spiro atoms. The Bertz CT molecular complexity index is 627. The molecule has 1 saturated heterocycles. The molecule has 7 nitrogen and oxygen atoms in total. The molecule has 0 aliphatic carbocycles. The number of aliphatic imine (C=N–C) groups is 1. The van der Waals surface area contributed by atoms with Crippen molar-refractivity contribution in [1.29, 1.82) is 0 Å². The highest BCUT2D eigenvalue weighted by Gasteiger charge is 2.23. The van der Waals surface area contributed by atoms with E-state index < -0.39 is 0 Å². The zero-order valence-corrected chi connectivity index (χ0v) is 16.8. The summed E-state index contributed by atoms with van der Waals surface area (Å²) in [5.74, 6) is 0.459. The summed E-state index contributed by atoms with van der Waals surface area (Å²) in [5, 5.41) is 3.28. The number of nitrogens with two attached hydrogens (primary N) is 1. The number of carbonyl (C=O) groups is 1. The van der Waals surface area contributed by atoms with Crippen LogP contribution in [-0.4, -0.2) is 61.2 Å². The van der Waals surface area contributed by atoms with Crippen molar-refractivity contribution in [2.45, 2.75) is 45.8 Å². The van der Waals surface area contributed by atoms with Crippen LogP contribution in [0, 0.1) is 0 Å². The highest BCUT2D eigenvalue weighted by atomic mass is 16.6. The average Bonchev–Trinajstić information content (AvgIpc) is 2.67. The largest absolute Gasteiger partial charge is 0.450 e. The van der Waals surface area contributed by atoms with Gasteiger partial charge in [0.25, 0.3) is 0 Å². The first kappa shape index (κ1) is 21.0. The van der Waals surface area contributed by atoms with E-state index in [1.807, 2.05) is 6.92 Å². The summed E-state index contributed by atoms with van der Waals surface area (Å²) in [6, 6.07) is 8.70. The van der Waals surface area contributed by atoms with E-state index in [4.69, 9.17) is 10.5 Å². The maximum absolute atomic E-state index is 11.7. The van der Waals surface area contributed by atoms with Gasteiger partial charge in [-0.25, -0.2) is 9.79 Å². The fourth-order valence-corrected chi connectivity index (χ4v) is 3.10. The van der Waals surface area contributed by atoms with Crippen LogP contribution in [0.2, 0.25) is 0 Å². The third-order valence-corrected chi connectivity index (χ3v) is 4.79. The quantitative estimate of drug-likeness (QED) is 0.564. The summed E-state index contributed by atoms with van der Waals surface area (Å²) < 4.78 is 5.04. The number of nitrogens with one attached hydrogen (secondary N) is 1. The van der Waals surface area contributed by atoms with E-state index in [0.717, 1.165) is 31.5 Å². The number of benzene rings is 1. The van der Waals surface area contributed by atoms with E-state index in [-0.39, 0.29) is 12.1 Å². The van der Waals surface area contributed by atoms with Gasteiger partial charge in [0.05, 0.1) is 13.2 Å². The van der Waals surface area contributed by atoms with Crippen molar-refractivity contribution < 1.29 is 9.53 Å². The number of amides is 1. The van der Waals surface area contributed by atoms with Crippen molar-refractivity contribution in [1.82, 2.24) is 15.1 Å². The Hall–Kier alpha value is -2.28. The molecule has 1 aliphatic rings. The van der Waals surface area contributed by atoms with Crippen molar-refractivity contribution >= 4 is 12.1 Å². The molecule has 3 N–H and O–H groups in total. The number of ether oxygens (including phenoxy) is 1. The second-order valence-corrected chi connectivity index (χ2v) is 6.96. The number of piperidine rings is 1. The third-order valence-electron chi connectivity index (χ3n) is 4.79. The summed E-state index contributed by atoms with van der Waals surface area (Å²) in [7, 11) is 2.11. The first-order valence-corrected chi connectivity index (χ1v) is 9.76. The molecule has 1 amide bonds. The lowest BCUT2D eigenvalue weighted by Gasteiger charge is -2.31. The highest BCUT2D eigenvalue weighted by Crippen LogP contribution is 2.12. The van der Waals surface area contributed by atoms with Crippen LogP contribution in [0.1, 0.15) is 37.8 Å². The molecule has 1 aromatic carbocycles. The van der Waals surface area contributed by atoms with E-state index in [0.29, 0.717) is 32.2 Å². The number of hydrogen-bond donors (Lipinski definition) is 2. The predicted molar refractivity (Wildman–Crippen MR) is 109 cm³/mol. The second kappa shape index (κ2) is 10.8.